The Morgan fingerprint density at radius 1 is 1.08 bits per heavy atom. The van der Waals surface area contributed by atoms with E-state index in [-0.39, 0.29) is 5.91 Å². The molecule has 1 saturated heterocycles. The van der Waals surface area contributed by atoms with Crippen molar-refractivity contribution < 1.29 is 14.3 Å². The van der Waals surface area contributed by atoms with E-state index in [4.69, 9.17) is 10.5 Å². The number of carbonyl (C=O) groups excluding carboxylic acids is 2. The number of primary amides is 1. The summed E-state index contributed by atoms with van der Waals surface area (Å²) in [6, 6.07) is 5.67. The van der Waals surface area contributed by atoms with Crippen LogP contribution in [0.15, 0.2) is 18.2 Å². The van der Waals surface area contributed by atoms with Crippen molar-refractivity contribution >= 4 is 11.9 Å². The monoisotopic (exact) mass is 347 g/mol. The molecule has 1 fully saturated rings. The highest BCUT2D eigenvalue weighted by Crippen LogP contribution is 2.28. The van der Waals surface area contributed by atoms with Gasteiger partial charge >= 0.3 is 6.03 Å². The first kappa shape index (κ1) is 19.1. The van der Waals surface area contributed by atoms with Gasteiger partial charge in [0.1, 0.15) is 5.75 Å². The molecule has 25 heavy (non-hydrogen) atoms. The van der Waals surface area contributed by atoms with E-state index in [0.29, 0.717) is 32.1 Å². The third kappa shape index (κ3) is 4.87. The van der Waals surface area contributed by atoms with Gasteiger partial charge in [-0.3, -0.25) is 4.79 Å². The summed E-state index contributed by atoms with van der Waals surface area (Å²) in [4.78, 5) is 27.4. The molecule has 1 aliphatic heterocycles. The van der Waals surface area contributed by atoms with Crippen molar-refractivity contribution in [1.29, 1.82) is 0 Å². The lowest BCUT2D eigenvalue weighted by atomic mass is 10.0. The Hall–Kier alpha value is -2.24. The van der Waals surface area contributed by atoms with Gasteiger partial charge in [0.15, 0.2) is 6.10 Å². The zero-order valence-electron chi connectivity index (χ0n) is 15.6. The molecule has 0 aliphatic carbocycles. The zero-order chi connectivity index (χ0) is 18.6. The van der Waals surface area contributed by atoms with Crippen LogP contribution in [0, 0.1) is 6.92 Å². The molecule has 0 spiro atoms. The first-order chi connectivity index (χ1) is 11.8. The molecular weight excluding hydrogens is 318 g/mol. The number of nitrogens with zero attached hydrogens (tertiary/aromatic N) is 2. The zero-order valence-corrected chi connectivity index (χ0v) is 15.6. The molecule has 6 nitrogen and oxygen atoms in total. The number of aryl methyl sites for hydroxylation is 1. The fourth-order valence-corrected chi connectivity index (χ4v) is 3.08. The van der Waals surface area contributed by atoms with Gasteiger partial charge in [-0.2, -0.15) is 0 Å². The molecule has 0 radical (unpaired) electrons. The molecule has 0 bridgehead atoms. The SMILES string of the molecule is Cc1ccc(C(C)C)c(O[C@H](C)C(=O)N2CCCN(C(N)=O)CC2)c1. The molecule has 138 valence electrons. The van der Waals surface area contributed by atoms with Gasteiger partial charge in [-0.05, 0) is 43.4 Å². The molecule has 0 saturated carbocycles. The quantitative estimate of drug-likeness (QED) is 0.909. The van der Waals surface area contributed by atoms with Crippen molar-refractivity contribution in [3.8, 4) is 5.75 Å². The molecule has 2 N–H and O–H groups in total. The highest BCUT2D eigenvalue weighted by molar-refractivity contribution is 5.81. The van der Waals surface area contributed by atoms with E-state index in [0.717, 1.165) is 23.3 Å². The molecule has 1 aromatic rings. The second-order valence-corrected chi connectivity index (χ2v) is 6.96. The molecule has 3 amide bonds. The number of amides is 3. The van der Waals surface area contributed by atoms with E-state index in [1.165, 1.54) is 0 Å². The molecule has 2 rings (SSSR count). The summed E-state index contributed by atoms with van der Waals surface area (Å²) in [5.74, 6) is 1.03. The third-order valence-electron chi connectivity index (χ3n) is 4.56. The summed E-state index contributed by atoms with van der Waals surface area (Å²) in [5.41, 5.74) is 7.54. The number of rotatable bonds is 4. The number of hydrogen-bond acceptors (Lipinski definition) is 3. The molecule has 0 aromatic heterocycles. The van der Waals surface area contributed by atoms with Crippen LogP contribution in [0.5, 0.6) is 5.75 Å². The summed E-state index contributed by atoms with van der Waals surface area (Å²) < 4.78 is 6.02. The highest BCUT2D eigenvalue weighted by Gasteiger charge is 2.26. The minimum atomic E-state index is -0.570. The summed E-state index contributed by atoms with van der Waals surface area (Å²) in [5, 5.41) is 0. The summed E-state index contributed by atoms with van der Waals surface area (Å²) in [6.07, 6.45) is 0.155. The molecule has 0 unspecified atom stereocenters. The maximum Gasteiger partial charge on any atom is 0.314 e. The Labute approximate surface area is 149 Å². The second kappa shape index (κ2) is 8.23. The van der Waals surface area contributed by atoms with E-state index >= 15 is 0 Å². The third-order valence-corrected chi connectivity index (χ3v) is 4.56. The Bertz CT molecular complexity index is 630. The van der Waals surface area contributed by atoms with Crippen LogP contribution in [0.4, 0.5) is 4.79 Å². The van der Waals surface area contributed by atoms with Crippen molar-refractivity contribution in [2.75, 3.05) is 26.2 Å². The lowest BCUT2D eigenvalue weighted by Crippen LogP contribution is -2.43. The van der Waals surface area contributed by atoms with Gasteiger partial charge in [0.25, 0.3) is 5.91 Å². The van der Waals surface area contributed by atoms with Gasteiger partial charge in [0, 0.05) is 26.2 Å². The van der Waals surface area contributed by atoms with E-state index in [1.54, 1.807) is 16.7 Å². The van der Waals surface area contributed by atoms with Crippen LogP contribution >= 0.6 is 0 Å². The van der Waals surface area contributed by atoms with Crippen LogP contribution in [0.25, 0.3) is 0 Å². The average molecular weight is 347 g/mol. The Morgan fingerprint density at radius 3 is 2.36 bits per heavy atom. The van der Waals surface area contributed by atoms with Crippen molar-refractivity contribution in [3.63, 3.8) is 0 Å². The normalized spacial score (nSPS) is 16.5. The van der Waals surface area contributed by atoms with Crippen LogP contribution in [-0.4, -0.2) is 54.0 Å². The van der Waals surface area contributed by atoms with Crippen LogP contribution in [0.1, 0.15) is 44.2 Å². The standard InChI is InChI=1S/C19H29N3O3/c1-13(2)16-7-6-14(3)12-17(16)25-15(4)18(23)21-8-5-9-22(11-10-21)19(20)24/h6-7,12-13,15H,5,8-11H2,1-4H3,(H2,20,24)/t15-/m1/s1. The smallest absolute Gasteiger partial charge is 0.314 e. The van der Waals surface area contributed by atoms with E-state index in [9.17, 15) is 9.59 Å². The fourth-order valence-electron chi connectivity index (χ4n) is 3.08. The summed E-state index contributed by atoms with van der Waals surface area (Å²) in [6.45, 7) is 10.2. The predicted octanol–water partition coefficient (Wildman–Crippen LogP) is 2.50. The summed E-state index contributed by atoms with van der Waals surface area (Å²) >= 11 is 0. The number of urea groups is 1. The van der Waals surface area contributed by atoms with Crippen LogP contribution < -0.4 is 10.5 Å². The highest BCUT2D eigenvalue weighted by atomic mass is 16.5. The lowest BCUT2D eigenvalue weighted by molar-refractivity contribution is -0.137. The van der Waals surface area contributed by atoms with Gasteiger partial charge in [-0.15, -0.1) is 0 Å². The van der Waals surface area contributed by atoms with Gasteiger partial charge in [0.05, 0.1) is 0 Å². The van der Waals surface area contributed by atoms with Crippen molar-refractivity contribution in [3.05, 3.63) is 29.3 Å². The Kier molecular flexibility index (Phi) is 6.28. The van der Waals surface area contributed by atoms with Crippen molar-refractivity contribution in [2.45, 2.75) is 46.1 Å². The number of nitrogens with two attached hydrogens (primary N) is 1. The maximum atomic E-state index is 12.8. The van der Waals surface area contributed by atoms with Gasteiger partial charge < -0.3 is 20.3 Å². The fraction of sp³-hybridized carbons (Fsp3) is 0.579. The molecular formula is C19H29N3O3. The van der Waals surface area contributed by atoms with Gasteiger partial charge in [-0.25, -0.2) is 4.79 Å². The average Bonchev–Trinajstić information content (AvgIpc) is 2.80. The van der Waals surface area contributed by atoms with Crippen LogP contribution in [0.3, 0.4) is 0 Å². The first-order valence-corrected chi connectivity index (χ1v) is 8.90. The Morgan fingerprint density at radius 2 is 1.72 bits per heavy atom. The van der Waals surface area contributed by atoms with Crippen molar-refractivity contribution in [2.24, 2.45) is 5.73 Å². The molecule has 1 aromatic carbocycles. The van der Waals surface area contributed by atoms with Crippen molar-refractivity contribution in [1.82, 2.24) is 9.80 Å². The van der Waals surface area contributed by atoms with Crippen LogP contribution in [0.2, 0.25) is 0 Å². The molecule has 1 atom stereocenters. The van der Waals surface area contributed by atoms with E-state index in [2.05, 4.69) is 26.0 Å². The maximum absolute atomic E-state index is 12.8. The Balaban J connectivity index is 2.05. The lowest BCUT2D eigenvalue weighted by Gasteiger charge is -2.26. The second-order valence-electron chi connectivity index (χ2n) is 6.96. The molecule has 1 heterocycles. The topological polar surface area (TPSA) is 75.9 Å². The number of carbonyl (C=O) groups is 2. The van der Waals surface area contributed by atoms with Gasteiger partial charge in [0.2, 0.25) is 0 Å². The van der Waals surface area contributed by atoms with Crippen LogP contribution in [-0.2, 0) is 4.79 Å². The number of benzene rings is 1. The minimum absolute atomic E-state index is 0.0532. The largest absolute Gasteiger partial charge is 0.481 e. The van der Waals surface area contributed by atoms with E-state index in [1.807, 2.05) is 13.0 Å². The van der Waals surface area contributed by atoms with E-state index < -0.39 is 12.1 Å². The first-order valence-electron chi connectivity index (χ1n) is 8.90. The predicted molar refractivity (Wildman–Crippen MR) is 97.7 cm³/mol. The summed E-state index contributed by atoms with van der Waals surface area (Å²) in [7, 11) is 0. The minimum Gasteiger partial charge on any atom is -0.481 e. The number of ether oxygens (including phenoxy) is 1. The molecule has 1 aliphatic rings. The molecule has 6 heteroatoms. The van der Waals surface area contributed by atoms with Gasteiger partial charge in [-0.1, -0.05) is 26.0 Å². The number of hydrogen-bond donors (Lipinski definition) is 1.